The molecule has 0 radical (unpaired) electrons. The van der Waals surface area contributed by atoms with Crippen LogP contribution in [0.25, 0.3) is 6.08 Å². The average Bonchev–Trinajstić information content (AvgIpc) is 2.82. The van der Waals surface area contributed by atoms with Crippen LogP contribution < -0.4 is 14.8 Å². The van der Waals surface area contributed by atoms with Crippen LogP contribution in [0.1, 0.15) is 11.1 Å². The summed E-state index contributed by atoms with van der Waals surface area (Å²) in [5, 5.41) is 13.7. The van der Waals surface area contributed by atoms with Gasteiger partial charge in [-0.25, -0.2) is 0 Å². The van der Waals surface area contributed by atoms with Gasteiger partial charge in [-0.1, -0.05) is 46.8 Å². The molecule has 0 saturated carbocycles. The Morgan fingerprint density at radius 1 is 1.00 bits per heavy atom. The van der Waals surface area contributed by atoms with Crippen LogP contribution in [-0.4, -0.2) is 12.5 Å². The zero-order chi connectivity index (χ0) is 24.5. The third kappa shape index (κ3) is 6.94. The fraction of sp³-hybridized carbons (Fsp3) is 0.0769. The van der Waals surface area contributed by atoms with Crippen LogP contribution in [0.4, 0.5) is 5.69 Å². The smallest absolute Gasteiger partial charge is 0.266 e. The minimum atomic E-state index is -0.591. The molecule has 3 rings (SSSR count). The largest absolute Gasteiger partial charge is 0.489 e. The van der Waals surface area contributed by atoms with Gasteiger partial charge >= 0.3 is 0 Å². The summed E-state index contributed by atoms with van der Waals surface area (Å²) in [5.41, 5.74) is 1.60. The number of nitriles is 1. The summed E-state index contributed by atoms with van der Waals surface area (Å²) < 4.78 is 11.2. The quantitative estimate of drug-likeness (QED) is 0.205. The van der Waals surface area contributed by atoms with Crippen molar-refractivity contribution in [2.75, 3.05) is 11.9 Å². The van der Waals surface area contributed by atoms with Crippen molar-refractivity contribution < 1.29 is 14.3 Å². The molecule has 1 amide bonds. The zero-order valence-corrected chi connectivity index (χ0v) is 19.9. The lowest BCUT2D eigenvalue weighted by Crippen LogP contribution is -2.13. The zero-order valence-electron chi connectivity index (χ0n) is 17.6. The van der Waals surface area contributed by atoms with E-state index in [0.717, 1.165) is 5.56 Å². The Labute approximate surface area is 212 Å². The third-order valence-corrected chi connectivity index (χ3v) is 5.29. The van der Waals surface area contributed by atoms with E-state index in [1.54, 1.807) is 60.7 Å². The third-order valence-electron chi connectivity index (χ3n) is 4.47. The van der Waals surface area contributed by atoms with Gasteiger partial charge in [0, 0.05) is 31.9 Å². The lowest BCUT2D eigenvalue weighted by atomic mass is 10.1. The number of ether oxygens (including phenoxy) is 2. The minimum Gasteiger partial charge on any atom is -0.489 e. The molecule has 5 nitrogen and oxygen atoms in total. The molecule has 0 aromatic heterocycles. The second-order valence-electron chi connectivity index (χ2n) is 6.85. The predicted octanol–water partition coefficient (Wildman–Crippen LogP) is 6.78. The van der Waals surface area contributed by atoms with E-state index in [-0.39, 0.29) is 18.8 Å². The topological polar surface area (TPSA) is 71.3 Å². The van der Waals surface area contributed by atoms with Crippen LogP contribution in [0.2, 0.25) is 15.1 Å². The molecule has 0 atom stereocenters. The van der Waals surface area contributed by atoms with Crippen LogP contribution >= 0.6 is 34.8 Å². The molecule has 0 aliphatic heterocycles. The van der Waals surface area contributed by atoms with Gasteiger partial charge in [-0.2, -0.15) is 5.26 Å². The minimum absolute atomic E-state index is 0.0369. The highest BCUT2D eigenvalue weighted by Gasteiger charge is 2.12. The molecular weight excluding hydrogens is 495 g/mol. The number of carbonyl (C=O) groups is 1. The first kappa shape index (κ1) is 25.0. The van der Waals surface area contributed by atoms with E-state index in [0.29, 0.717) is 37.8 Å². The second-order valence-corrected chi connectivity index (χ2v) is 8.13. The molecule has 1 N–H and O–H groups in total. The highest BCUT2D eigenvalue weighted by Crippen LogP contribution is 2.26. The molecule has 0 saturated heterocycles. The fourth-order valence-corrected chi connectivity index (χ4v) is 3.46. The number of nitrogens with one attached hydrogen (secondary N) is 1. The molecule has 0 heterocycles. The molecule has 0 fully saturated rings. The summed E-state index contributed by atoms with van der Waals surface area (Å²) >= 11 is 18.1. The molecule has 0 unspecified atom stereocenters. The Morgan fingerprint density at radius 3 is 2.38 bits per heavy atom. The molecule has 3 aromatic carbocycles. The monoisotopic (exact) mass is 510 g/mol. The maximum Gasteiger partial charge on any atom is 0.266 e. The van der Waals surface area contributed by atoms with Gasteiger partial charge < -0.3 is 14.8 Å². The first-order chi connectivity index (χ1) is 16.4. The molecule has 0 spiro atoms. The summed E-state index contributed by atoms with van der Waals surface area (Å²) in [5.74, 6) is 2.76. The van der Waals surface area contributed by atoms with Crippen molar-refractivity contribution in [3.8, 4) is 29.9 Å². The Bertz CT molecular complexity index is 1310. The number of rotatable bonds is 8. The fourth-order valence-electron chi connectivity index (χ4n) is 2.82. The number of carbonyl (C=O) groups excluding carboxylic acids is 1. The van der Waals surface area contributed by atoms with Gasteiger partial charge in [-0.05, 0) is 60.7 Å². The van der Waals surface area contributed by atoms with Gasteiger partial charge in [0.1, 0.15) is 36.4 Å². The number of amides is 1. The van der Waals surface area contributed by atoms with Crippen LogP contribution in [0.3, 0.4) is 0 Å². The molecule has 170 valence electrons. The number of hydrogen-bond donors (Lipinski definition) is 1. The van der Waals surface area contributed by atoms with Crippen molar-refractivity contribution in [3.05, 3.63) is 92.4 Å². The lowest BCUT2D eigenvalue weighted by Gasteiger charge is -2.10. The Kier molecular flexibility index (Phi) is 8.85. The van der Waals surface area contributed by atoms with Crippen molar-refractivity contribution in [1.29, 1.82) is 5.26 Å². The summed E-state index contributed by atoms with van der Waals surface area (Å²) in [6.07, 6.45) is 6.63. The van der Waals surface area contributed by atoms with Crippen LogP contribution in [0, 0.1) is 23.7 Å². The van der Waals surface area contributed by atoms with E-state index < -0.39 is 5.91 Å². The van der Waals surface area contributed by atoms with Crippen LogP contribution in [0.15, 0.2) is 66.2 Å². The van der Waals surface area contributed by atoms with E-state index in [2.05, 4.69) is 11.2 Å². The SMILES string of the molecule is C#CCOc1ccc(Cl)cc1/C=C(\C#N)C(=O)Nc1ccc(OCc2ccc(Cl)cc2Cl)cc1. The summed E-state index contributed by atoms with van der Waals surface area (Å²) in [4.78, 5) is 12.7. The van der Waals surface area contributed by atoms with Gasteiger partial charge in [0.25, 0.3) is 5.91 Å². The van der Waals surface area contributed by atoms with E-state index in [1.165, 1.54) is 6.08 Å². The number of anilines is 1. The Balaban J connectivity index is 1.68. The van der Waals surface area contributed by atoms with E-state index in [4.69, 9.17) is 50.7 Å². The maximum absolute atomic E-state index is 12.7. The average molecular weight is 512 g/mol. The van der Waals surface area contributed by atoms with Crippen LogP contribution in [0.5, 0.6) is 11.5 Å². The number of nitrogens with zero attached hydrogens (tertiary/aromatic N) is 1. The molecule has 8 heteroatoms. The Hall–Kier alpha value is -3.61. The normalized spacial score (nSPS) is 10.7. The number of benzene rings is 3. The lowest BCUT2D eigenvalue weighted by molar-refractivity contribution is -0.112. The summed E-state index contributed by atoms with van der Waals surface area (Å²) in [7, 11) is 0. The molecule has 3 aromatic rings. The number of terminal acetylenes is 1. The van der Waals surface area contributed by atoms with Crippen molar-refractivity contribution >= 4 is 52.5 Å². The van der Waals surface area contributed by atoms with Gasteiger partial charge in [-0.3, -0.25) is 4.79 Å². The highest BCUT2D eigenvalue weighted by molar-refractivity contribution is 6.35. The van der Waals surface area contributed by atoms with Crippen molar-refractivity contribution in [2.45, 2.75) is 6.61 Å². The first-order valence-electron chi connectivity index (χ1n) is 9.85. The molecule has 0 bridgehead atoms. The van der Waals surface area contributed by atoms with E-state index in [9.17, 15) is 10.1 Å². The molecular formula is C26H17Cl3N2O3. The van der Waals surface area contributed by atoms with E-state index in [1.807, 2.05) is 6.07 Å². The highest BCUT2D eigenvalue weighted by atomic mass is 35.5. The van der Waals surface area contributed by atoms with Gasteiger partial charge in [0.05, 0.1) is 0 Å². The van der Waals surface area contributed by atoms with Crippen molar-refractivity contribution in [3.63, 3.8) is 0 Å². The standard InChI is InChI=1S/C26H17Cl3N2O3/c1-2-11-33-25-10-5-20(27)13-18(25)12-19(15-30)26(32)31-22-6-8-23(9-7-22)34-16-17-3-4-21(28)14-24(17)29/h1,3-10,12-14H,11,16H2,(H,31,32)/b19-12+. The van der Waals surface area contributed by atoms with Gasteiger partial charge in [0.2, 0.25) is 0 Å². The number of halogens is 3. The van der Waals surface area contributed by atoms with Gasteiger partial charge in [0.15, 0.2) is 0 Å². The van der Waals surface area contributed by atoms with Gasteiger partial charge in [-0.15, -0.1) is 6.42 Å². The van der Waals surface area contributed by atoms with E-state index >= 15 is 0 Å². The maximum atomic E-state index is 12.7. The summed E-state index contributed by atoms with van der Waals surface area (Å²) in [6, 6.07) is 18.6. The second kappa shape index (κ2) is 12.0. The molecule has 34 heavy (non-hydrogen) atoms. The molecule has 0 aliphatic rings. The van der Waals surface area contributed by atoms with Crippen molar-refractivity contribution in [1.82, 2.24) is 0 Å². The summed E-state index contributed by atoms with van der Waals surface area (Å²) in [6.45, 7) is 0.294. The number of hydrogen-bond acceptors (Lipinski definition) is 4. The first-order valence-corrected chi connectivity index (χ1v) is 11.0. The van der Waals surface area contributed by atoms with Crippen LogP contribution in [-0.2, 0) is 11.4 Å². The van der Waals surface area contributed by atoms with Crippen molar-refractivity contribution in [2.24, 2.45) is 0 Å². The molecule has 0 aliphatic carbocycles. The predicted molar refractivity (Wildman–Crippen MR) is 135 cm³/mol. The Morgan fingerprint density at radius 2 is 1.71 bits per heavy atom.